The van der Waals surface area contributed by atoms with Crippen molar-refractivity contribution in [1.29, 1.82) is 0 Å². The minimum absolute atomic E-state index is 0.163. The Balaban J connectivity index is 1.54. The molecular formula is C21H24N4O4. The molecule has 0 aliphatic carbocycles. The molecule has 1 aliphatic heterocycles. The second-order valence-electron chi connectivity index (χ2n) is 6.70. The van der Waals surface area contributed by atoms with Crippen LogP contribution in [0.25, 0.3) is 0 Å². The van der Waals surface area contributed by atoms with Crippen LogP contribution in [0, 0.1) is 0 Å². The number of rotatable bonds is 4. The molecule has 0 aromatic heterocycles. The highest BCUT2D eigenvalue weighted by Gasteiger charge is 2.21. The predicted octanol–water partition coefficient (Wildman–Crippen LogP) is 2.79. The number of amides is 3. The number of urea groups is 1. The Kier molecular flexibility index (Phi) is 6.33. The summed E-state index contributed by atoms with van der Waals surface area (Å²) in [6.45, 7) is 3.98. The smallest absolute Gasteiger partial charge is 0.337 e. The van der Waals surface area contributed by atoms with Crippen LogP contribution in [-0.4, -0.2) is 56.1 Å². The summed E-state index contributed by atoms with van der Waals surface area (Å²) in [5.41, 5.74) is 2.77. The third-order valence-corrected chi connectivity index (χ3v) is 4.65. The van der Waals surface area contributed by atoms with Gasteiger partial charge in [0, 0.05) is 50.2 Å². The van der Waals surface area contributed by atoms with Crippen molar-refractivity contribution in [2.24, 2.45) is 0 Å². The van der Waals surface area contributed by atoms with Crippen LogP contribution in [0.4, 0.5) is 21.9 Å². The molecule has 3 amide bonds. The average Bonchev–Trinajstić information content (AvgIpc) is 2.73. The van der Waals surface area contributed by atoms with Gasteiger partial charge in [0.2, 0.25) is 5.91 Å². The summed E-state index contributed by atoms with van der Waals surface area (Å²) in [7, 11) is 1.36. The molecule has 3 rings (SSSR count). The summed E-state index contributed by atoms with van der Waals surface area (Å²) < 4.78 is 4.71. The molecular weight excluding hydrogens is 372 g/mol. The first-order chi connectivity index (χ1) is 14.0. The van der Waals surface area contributed by atoms with Crippen molar-refractivity contribution in [2.45, 2.75) is 6.92 Å². The molecule has 2 aromatic carbocycles. The van der Waals surface area contributed by atoms with Crippen molar-refractivity contribution in [2.75, 3.05) is 48.8 Å². The normalized spacial score (nSPS) is 13.6. The second kappa shape index (κ2) is 9.09. The monoisotopic (exact) mass is 396 g/mol. The topological polar surface area (TPSA) is 91.0 Å². The van der Waals surface area contributed by atoms with Gasteiger partial charge in [0.15, 0.2) is 0 Å². The van der Waals surface area contributed by atoms with E-state index in [0.29, 0.717) is 43.1 Å². The van der Waals surface area contributed by atoms with Crippen LogP contribution < -0.4 is 15.5 Å². The number of nitrogens with one attached hydrogen (secondary N) is 2. The largest absolute Gasteiger partial charge is 0.465 e. The molecule has 0 unspecified atom stereocenters. The van der Waals surface area contributed by atoms with Crippen LogP contribution >= 0.6 is 0 Å². The van der Waals surface area contributed by atoms with Gasteiger partial charge in [-0.15, -0.1) is 0 Å². The molecule has 1 fully saturated rings. The molecule has 0 bridgehead atoms. The Hall–Kier alpha value is -3.55. The maximum absolute atomic E-state index is 12.6. The van der Waals surface area contributed by atoms with Gasteiger partial charge < -0.3 is 25.2 Å². The maximum Gasteiger partial charge on any atom is 0.337 e. The molecule has 0 radical (unpaired) electrons. The van der Waals surface area contributed by atoms with E-state index in [-0.39, 0.29) is 17.9 Å². The van der Waals surface area contributed by atoms with Crippen LogP contribution in [0.2, 0.25) is 0 Å². The van der Waals surface area contributed by atoms with Crippen LogP contribution in [0.5, 0.6) is 0 Å². The lowest BCUT2D eigenvalue weighted by atomic mass is 10.2. The van der Waals surface area contributed by atoms with Gasteiger partial charge in [-0.1, -0.05) is 6.07 Å². The van der Waals surface area contributed by atoms with Gasteiger partial charge in [-0.25, -0.2) is 9.59 Å². The summed E-state index contributed by atoms with van der Waals surface area (Å²) in [5, 5.41) is 5.57. The standard InChI is InChI=1S/C21H24N4O4/c1-15(26)22-17-4-3-5-18(14-17)23-21(28)25-12-10-24(11-13-25)19-8-6-16(7-9-19)20(27)29-2/h3-9,14H,10-13H2,1-2H3,(H,22,26)(H,23,28). The van der Waals surface area contributed by atoms with Crippen molar-refractivity contribution in [3.05, 3.63) is 54.1 Å². The fraction of sp³-hybridized carbons (Fsp3) is 0.286. The Labute approximate surface area is 169 Å². The zero-order valence-electron chi connectivity index (χ0n) is 16.5. The lowest BCUT2D eigenvalue weighted by Crippen LogP contribution is -2.50. The number of carbonyl (C=O) groups is 3. The van der Waals surface area contributed by atoms with Crippen LogP contribution in [0.15, 0.2) is 48.5 Å². The van der Waals surface area contributed by atoms with E-state index in [1.54, 1.807) is 41.3 Å². The van der Waals surface area contributed by atoms with Gasteiger partial charge in [-0.05, 0) is 42.5 Å². The summed E-state index contributed by atoms with van der Waals surface area (Å²) in [6, 6.07) is 14.1. The number of piperazine rings is 1. The Morgan fingerprint density at radius 1 is 0.897 bits per heavy atom. The molecule has 1 aliphatic rings. The number of ether oxygens (including phenoxy) is 1. The SMILES string of the molecule is COC(=O)c1ccc(N2CCN(C(=O)Nc3cccc(NC(C)=O)c3)CC2)cc1. The zero-order valence-corrected chi connectivity index (χ0v) is 16.5. The third kappa shape index (κ3) is 5.25. The van der Waals surface area contributed by atoms with Gasteiger partial charge in [0.1, 0.15) is 0 Å². The fourth-order valence-corrected chi connectivity index (χ4v) is 3.17. The van der Waals surface area contributed by atoms with Crippen LogP contribution in [0.1, 0.15) is 17.3 Å². The summed E-state index contributed by atoms with van der Waals surface area (Å²) >= 11 is 0. The van der Waals surface area contributed by atoms with E-state index in [1.165, 1.54) is 14.0 Å². The molecule has 2 N–H and O–H groups in total. The lowest BCUT2D eigenvalue weighted by molar-refractivity contribution is -0.114. The average molecular weight is 396 g/mol. The number of esters is 1. The first kappa shape index (κ1) is 20.2. The van der Waals surface area contributed by atoms with E-state index >= 15 is 0 Å². The van der Waals surface area contributed by atoms with Crippen molar-refractivity contribution in [3.63, 3.8) is 0 Å². The fourth-order valence-electron chi connectivity index (χ4n) is 3.17. The summed E-state index contributed by atoms with van der Waals surface area (Å²) in [5.74, 6) is -0.523. The van der Waals surface area contributed by atoms with Gasteiger partial charge in [-0.3, -0.25) is 4.79 Å². The summed E-state index contributed by atoms with van der Waals surface area (Å²) in [4.78, 5) is 39.2. The van der Waals surface area contributed by atoms with E-state index in [2.05, 4.69) is 15.5 Å². The molecule has 2 aromatic rings. The van der Waals surface area contributed by atoms with Crippen LogP contribution in [0.3, 0.4) is 0 Å². The predicted molar refractivity (Wildman–Crippen MR) is 111 cm³/mol. The quantitative estimate of drug-likeness (QED) is 0.776. The third-order valence-electron chi connectivity index (χ3n) is 4.65. The molecule has 1 heterocycles. The zero-order chi connectivity index (χ0) is 20.8. The van der Waals surface area contributed by atoms with E-state index < -0.39 is 0 Å². The number of nitrogens with zero attached hydrogens (tertiary/aromatic N) is 2. The molecule has 0 saturated carbocycles. The van der Waals surface area contributed by atoms with Crippen LogP contribution in [-0.2, 0) is 9.53 Å². The van der Waals surface area contributed by atoms with Gasteiger partial charge in [0.05, 0.1) is 12.7 Å². The highest BCUT2D eigenvalue weighted by Crippen LogP contribution is 2.19. The summed E-state index contributed by atoms with van der Waals surface area (Å²) in [6.07, 6.45) is 0. The van der Waals surface area contributed by atoms with Crippen molar-refractivity contribution in [3.8, 4) is 0 Å². The van der Waals surface area contributed by atoms with Gasteiger partial charge >= 0.3 is 12.0 Å². The van der Waals surface area contributed by atoms with E-state index in [9.17, 15) is 14.4 Å². The Morgan fingerprint density at radius 3 is 2.10 bits per heavy atom. The number of hydrogen-bond acceptors (Lipinski definition) is 5. The molecule has 1 saturated heterocycles. The Morgan fingerprint density at radius 2 is 1.52 bits per heavy atom. The number of carbonyl (C=O) groups excluding carboxylic acids is 3. The first-order valence-corrected chi connectivity index (χ1v) is 9.33. The molecule has 29 heavy (non-hydrogen) atoms. The maximum atomic E-state index is 12.6. The number of methoxy groups -OCH3 is 1. The van der Waals surface area contributed by atoms with E-state index in [4.69, 9.17) is 4.74 Å². The lowest BCUT2D eigenvalue weighted by Gasteiger charge is -2.36. The number of hydrogen-bond donors (Lipinski definition) is 2. The van der Waals surface area contributed by atoms with Crippen molar-refractivity contribution >= 4 is 35.0 Å². The molecule has 8 heteroatoms. The first-order valence-electron chi connectivity index (χ1n) is 9.33. The highest BCUT2D eigenvalue weighted by molar-refractivity contribution is 5.92. The molecule has 0 atom stereocenters. The second-order valence-corrected chi connectivity index (χ2v) is 6.70. The number of anilines is 3. The van der Waals surface area contributed by atoms with Gasteiger partial charge in [0.25, 0.3) is 0 Å². The van der Waals surface area contributed by atoms with Crippen molar-refractivity contribution in [1.82, 2.24) is 4.90 Å². The van der Waals surface area contributed by atoms with E-state index in [0.717, 1.165) is 5.69 Å². The van der Waals surface area contributed by atoms with Gasteiger partial charge in [-0.2, -0.15) is 0 Å². The highest BCUT2D eigenvalue weighted by atomic mass is 16.5. The van der Waals surface area contributed by atoms with Crippen molar-refractivity contribution < 1.29 is 19.1 Å². The molecule has 8 nitrogen and oxygen atoms in total. The Bertz CT molecular complexity index is 890. The number of benzene rings is 2. The minimum atomic E-state index is -0.361. The van der Waals surface area contributed by atoms with E-state index in [1.807, 2.05) is 12.1 Å². The molecule has 152 valence electrons. The minimum Gasteiger partial charge on any atom is -0.465 e. The molecule has 0 spiro atoms.